The van der Waals surface area contributed by atoms with Crippen LogP contribution >= 0.6 is 0 Å². The van der Waals surface area contributed by atoms with Gasteiger partial charge in [-0.3, -0.25) is 0 Å². The smallest absolute Gasteiger partial charge is 0.123 e. The number of aryl methyl sites for hydroxylation is 1. The summed E-state index contributed by atoms with van der Waals surface area (Å²) in [4.78, 5) is 0. The molecule has 0 aliphatic carbocycles. The van der Waals surface area contributed by atoms with Gasteiger partial charge in [-0.05, 0) is 66.6 Å². The van der Waals surface area contributed by atoms with E-state index in [9.17, 15) is 0 Å². The maximum Gasteiger partial charge on any atom is 0.123 e. The molecule has 0 aromatic heterocycles. The van der Waals surface area contributed by atoms with Crippen LogP contribution < -0.4 is 14.8 Å². The van der Waals surface area contributed by atoms with Gasteiger partial charge in [0.15, 0.2) is 0 Å². The number of hydrogen-bond acceptors (Lipinski definition) is 3. The molecule has 0 aliphatic rings. The van der Waals surface area contributed by atoms with Crippen molar-refractivity contribution in [1.82, 2.24) is 0 Å². The molecule has 1 N–H and O–H groups in total. The zero-order chi connectivity index (χ0) is 18.9. The summed E-state index contributed by atoms with van der Waals surface area (Å²) in [6.45, 7) is 13.1. The largest absolute Gasteiger partial charge is 0.494 e. The highest BCUT2D eigenvalue weighted by Gasteiger charge is 2.08. The van der Waals surface area contributed by atoms with Gasteiger partial charge in [0.05, 0.1) is 6.61 Å². The van der Waals surface area contributed by atoms with Gasteiger partial charge in [-0.25, -0.2) is 0 Å². The molecular formula is C23H33NO2. The molecule has 0 saturated heterocycles. The fourth-order valence-corrected chi connectivity index (χ4v) is 2.68. The van der Waals surface area contributed by atoms with Gasteiger partial charge in [0, 0.05) is 12.2 Å². The molecule has 0 bridgehead atoms. The van der Waals surface area contributed by atoms with Gasteiger partial charge < -0.3 is 14.8 Å². The molecule has 0 atom stereocenters. The van der Waals surface area contributed by atoms with E-state index in [2.05, 4.69) is 70.3 Å². The van der Waals surface area contributed by atoms with Crippen LogP contribution in [-0.4, -0.2) is 19.8 Å². The number of rotatable bonds is 10. The maximum absolute atomic E-state index is 6.01. The van der Waals surface area contributed by atoms with Crippen molar-refractivity contribution in [2.24, 2.45) is 5.92 Å². The second kappa shape index (κ2) is 10.1. The first-order chi connectivity index (χ1) is 12.5. The highest BCUT2D eigenvalue weighted by atomic mass is 16.5. The average Bonchev–Trinajstić information content (AvgIpc) is 2.59. The molecule has 3 nitrogen and oxygen atoms in total. The molecule has 0 saturated carbocycles. The van der Waals surface area contributed by atoms with Gasteiger partial charge in [0.2, 0.25) is 0 Å². The molecule has 0 radical (unpaired) electrons. The molecule has 26 heavy (non-hydrogen) atoms. The molecule has 142 valence electrons. The van der Waals surface area contributed by atoms with Crippen LogP contribution in [0.4, 0.5) is 5.69 Å². The van der Waals surface area contributed by atoms with Gasteiger partial charge in [-0.1, -0.05) is 39.8 Å². The molecule has 0 heterocycles. The Labute approximate surface area is 158 Å². The predicted octanol–water partition coefficient (Wildman–Crippen LogP) is 6.03. The third kappa shape index (κ3) is 6.62. The summed E-state index contributed by atoms with van der Waals surface area (Å²) in [6, 6.07) is 14.6. The van der Waals surface area contributed by atoms with Crippen molar-refractivity contribution >= 4 is 5.69 Å². The number of ether oxygens (including phenoxy) is 2. The molecule has 2 aromatic carbocycles. The van der Waals surface area contributed by atoms with E-state index in [1.54, 1.807) is 0 Å². The fraction of sp³-hybridized carbons (Fsp3) is 0.478. The second-order valence-corrected chi connectivity index (χ2v) is 7.53. The molecule has 0 unspecified atom stereocenters. The van der Waals surface area contributed by atoms with Crippen LogP contribution in [0.15, 0.2) is 42.5 Å². The lowest BCUT2D eigenvalue weighted by Gasteiger charge is -2.15. The number of anilines is 1. The molecule has 2 rings (SSSR count). The molecule has 0 spiro atoms. The van der Waals surface area contributed by atoms with Crippen molar-refractivity contribution in [3.63, 3.8) is 0 Å². The lowest BCUT2D eigenvalue weighted by Crippen LogP contribution is -2.12. The number of nitrogens with one attached hydrogen (secondary N) is 1. The zero-order valence-corrected chi connectivity index (χ0v) is 16.8. The van der Waals surface area contributed by atoms with E-state index in [0.717, 1.165) is 36.8 Å². The van der Waals surface area contributed by atoms with Gasteiger partial charge >= 0.3 is 0 Å². The first-order valence-electron chi connectivity index (χ1n) is 9.65. The van der Waals surface area contributed by atoms with Crippen molar-refractivity contribution in [3.8, 4) is 11.5 Å². The Morgan fingerprint density at radius 2 is 1.62 bits per heavy atom. The van der Waals surface area contributed by atoms with E-state index >= 15 is 0 Å². The van der Waals surface area contributed by atoms with E-state index in [-0.39, 0.29) is 0 Å². The Bertz CT molecular complexity index is 662. The van der Waals surface area contributed by atoms with Crippen LogP contribution in [0.3, 0.4) is 0 Å². The van der Waals surface area contributed by atoms with E-state index < -0.39 is 0 Å². The van der Waals surface area contributed by atoms with Gasteiger partial charge in [0.1, 0.15) is 18.1 Å². The van der Waals surface area contributed by atoms with Crippen molar-refractivity contribution in [2.75, 3.05) is 25.1 Å². The average molecular weight is 356 g/mol. The fourth-order valence-electron chi connectivity index (χ4n) is 2.68. The standard InChI is InChI=1S/C23H33NO2/c1-17(2)12-14-25-21-9-7-20(8-10-21)24-13-15-26-23-16-19(5)6-11-22(23)18(3)4/h6-11,16-18,24H,12-15H2,1-5H3. The highest BCUT2D eigenvalue weighted by Crippen LogP contribution is 2.27. The van der Waals surface area contributed by atoms with E-state index in [4.69, 9.17) is 9.47 Å². The first kappa shape index (κ1) is 20.2. The number of benzene rings is 2. The predicted molar refractivity (Wildman–Crippen MR) is 111 cm³/mol. The van der Waals surface area contributed by atoms with Crippen LogP contribution in [0.1, 0.15) is 51.2 Å². The minimum atomic E-state index is 0.460. The zero-order valence-electron chi connectivity index (χ0n) is 16.8. The summed E-state index contributed by atoms with van der Waals surface area (Å²) in [5.74, 6) is 3.05. The maximum atomic E-state index is 6.01. The molecule has 2 aromatic rings. The van der Waals surface area contributed by atoms with Gasteiger partial charge in [-0.2, -0.15) is 0 Å². The van der Waals surface area contributed by atoms with Gasteiger partial charge in [0.25, 0.3) is 0 Å². The van der Waals surface area contributed by atoms with Crippen molar-refractivity contribution in [3.05, 3.63) is 53.6 Å². The van der Waals surface area contributed by atoms with Crippen molar-refractivity contribution in [1.29, 1.82) is 0 Å². The van der Waals surface area contributed by atoms with Crippen LogP contribution in [-0.2, 0) is 0 Å². The highest BCUT2D eigenvalue weighted by molar-refractivity contribution is 5.46. The molecule has 0 fully saturated rings. The summed E-state index contributed by atoms with van der Waals surface area (Å²) in [5.41, 5.74) is 3.57. The SMILES string of the molecule is Cc1ccc(C(C)C)c(OCCNc2ccc(OCCC(C)C)cc2)c1. The lowest BCUT2D eigenvalue weighted by atomic mass is 10.0. The summed E-state index contributed by atoms with van der Waals surface area (Å²) in [7, 11) is 0. The van der Waals surface area contributed by atoms with Crippen LogP contribution in [0.5, 0.6) is 11.5 Å². The number of hydrogen-bond donors (Lipinski definition) is 1. The Hall–Kier alpha value is -2.16. The van der Waals surface area contributed by atoms with E-state index in [1.807, 2.05) is 12.1 Å². The third-order valence-electron chi connectivity index (χ3n) is 4.30. The van der Waals surface area contributed by atoms with E-state index in [0.29, 0.717) is 18.4 Å². The quantitative estimate of drug-likeness (QED) is 0.527. The van der Waals surface area contributed by atoms with Gasteiger partial charge in [-0.15, -0.1) is 0 Å². The summed E-state index contributed by atoms with van der Waals surface area (Å²) >= 11 is 0. The van der Waals surface area contributed by atoms with Crippen LogP contribution in [0, 0.1) is 12.8 Å². The Morgan fingerprint density at radius 3 is 2.27 bits per heavy atom. The minimum Gasteiger partial charge on any atom is -0.494 e. The van der Waals surface area contributed by atoms with Crippen molar-refractivity contribution in [2.45, 2.75) is 47.0 Å². The first-order valence-corrected chi connectivity index (χ1v) is 9.65. The third-order valence-corrected chi connectivity index (χ3v) is 4.30. The second-order valence-electron chi connectivity index (χ2n) is 7.53. The van der Waals surface area contributed by atoms with Crippen LogP contribution in [0.2, 0.25) is 0 Å². The van der Waals surface area contributed by atoms with Crippen LogP contribution in [0.25, 0.3) is 0 Å². The Balaban J connectivity index is 1.77. The lowest BCUT2D eigenvalue weighted by molar-refractivity contribution is 0.289. The Morgan fingerprint density at radius 1 is 0.885 bits per heavy atom. The monoisotopic (exact) mass is 355 g/mol. The van der Waals surface area contributed by atoms with E-state index in [1.165, 1.54) is 11.1 Å². The normalized spacial score (nSPS) is 11.0. The van der Waals surface area contributed by atoms with Crippen molar-refractivity contribution < 1.29 is 9.47 Å². The summed E-state index contributed by atoms with van der Waals surface area (Å²) in [6.07, 6.45) is 1.08. The Kier molecular flexibility index (Phi) is 7.83. The summed E-state index contributed by atoms with van der Waals surface area (Å²) < 4.78 is 11.8. The molecular weight excluding hydrogens is 322 g/mol. The molecule has 0 amide bonds. The topological polar surface area (TPSA) is 30.5 Å². The molecule has 3 heteroatoms. The summed E-state index contributed by atoms with van der Waals surface area (Å²) in [5, 5.41) is 3.40. The minimum absolute atomic E-state index is 0.460. The molecule has 0 aliphatic heterocycles.